The van der Waals surface area contributed by atoms with Gasteiger partial charge in [-0.3, -0.25) is 4.79 Å². The number of carbonyl (C=O) groups excluding carboxylic acids is 1. The number of hydrogen-bond acceptors (Lipinski definition) is 10. The van der Waals surface area contributed by atoms with E-state index in [2.05, 4.69) is 27.1 Å². The maximum atomic E-state index is 12.0. The lowest BCUT2D eigenvalue weighted by Gasteiger charge is -2.47. The summed E-state index contributed by atoms with van der Waals surface area (Å²) in [4.78, 5) is 28.5. The molecule has 0 saturated carbocycles. The number of pyridine rings is 1. The van der Waals surface area contributed by atoms with Crippen LogP contribution in [0.3, 0.4) is 0 Å². The molecule has 4 heterocycles. The second kappa shape index (κ2) is 11.8. The van der Waals surface area contributed by atoms with Gasteiger partial charge in [-0.2, -0.15) is 0 Å². The lowest BCUT2D eigenvalue weighted by Crippen LogP contribution is -2.61. The summed E-state index contributed by atoms with van der Waals surface area (Å²) in [6, 6.07) is 3.18. The summed E-state index contributed by atoms with van der Waals surface area (Å²) in [5, 5.41) is 7.70. The first-order valence-corrected chi connectivity index (χ1v) is 13.8. The van der Waals surface area contributed by atoms with Crippen LogP contribution in [-0.4, -0.2) is 86.2 Å². The first-order chi connectivity index (χ1) is 19.7. The Morgan fingerprint density at radius 2 is 1.85 bits per heavy atom. The van der Waals surface area contributed by atoms with E-state index >= 15 is 0 Å². The van der Waals surface area contributed by atoms with Crippen LogP contribution in [0.2, 0.25) is 10.0 Å². The fourth-order valence-corrected chi connectivity index (χ4v) is 5.72. The van der Waals surface area contributed by atoms with E-state index in [0.717, 1.165) is 5.39 Å². The highest BCUT2D eigenvalue weighted by Crippen LogP contribution is 2.46. The molecule has 1 amide bonds. The van der Waals surface area contributed by atoms with Crippen LogP contribution >= 0.6 is 23.2 Å². The molecule has 11 nitrogen and oxygen atoms in total. The van der Waals surface area contributed by atoms with Crippen LogP contribution in [0.25, 0.3) is 22.3 Å². The molecule has 2 aromatic heterocycles. The van der Waals surface area contributed by atoms with E-state index in [4.69, 9.17) is 52.1 Å². The SMILES string of the molecule is C=CC(=O)N[C@H]1CCOC[C@H]1Nc1cc2c(N3CC(C)(OC)C3)nc(-c3c(Cl)c(OC)cc(OC)c3Cl)nc2cn1. The maximum Gasteiger partial charge on any atom is 0.243 e. The molecule has 13 heteroatoms. The summed E-state index contributed by atoms with van der Waals surface area (Å²) in [7, 11) is 4.72. The number of carbonyl (C=O) groups is 1. The zero-order valence-electron chi connectivity index (χ0n) is 23.3. The molecule has 5 rings (SSSR count). The fourth-order valence-electron chi connectivity index (χ4n) is 5.05. The van der Waals surface area contributed by atoms with Crippen molar-refractivity contribution in [2.75, 3.05) is 57.8 Å². The first kappa shape index (κ1) is 29.1. The van der Waals surface area contributed by atoms with E-state index in [1.54, 1.807) is 19.4 Å². The summed E-state index contributed by atoms with van der Waals surface area (Å²) in [6.45, 7) is 7.81. The summed E-state index contributed by atoms with van der Waals surface area (Å²) in [5.41, 5.74) is 0.674. The molecule has 0 radical (unpaired) electrons. The Hall–Kier alpha value is -3.38. The van der Waals surface area contributed by atoms with Gasteiger partial charge in [0.05, 0.1) is 65.8 Å². The number of amides is 1. The highest BCUT2D eigenvalue weighted by molar-refractivity contribution is 6.41. The largest absolute Gasteiger partial charge is 0.495 e. The van der Waals surface area contributed by atoms with Gasteiger partial charge >= 0.3 is 0 Å². The molecule has 0 bridgehead atoms. The first-order valence-electron chi connectivity index (χ1n) is 13.1. The highest BCUT2D eigenvalue weighted by atomic mass is 35.5. The van der Waals surface area contributed by atoms with Crippen molar-refractivity contribution in [3.8, 4) is 22.9 Å². The van der Waals surface area contributed by atoms with Gasteiger partial charge in [-0.25, -0.2) is 15.0 Å². The fraction of sp³-hybridized carbons (Fsp3) is 0.429. The molecule has 0 spiro atoms. The molecule has 2 atom stereocenters. The third-order valence-electron chi connectivity index (χ3n) is 7.40. The van der Waals surface area contributed by atoms with E-state index in [-0.39, 0.29) is 33.6 Å². The molecule has 2 aliphatic heterocycles. The molecule has 2 fully saturated rings. The van der Waals surface area contributed by atoms with Crippen LogP contribution in [0.5, 0.6) is 11.5 Å². The Kier molecular flexibility index (Phi) is 8.42. The van der Waals surface area contributed by atoms with Crippen molar-refractivity contribution < 1.29 is 23.7 Å². The molecule has 0 unspecified atom stereocenters. The maximum absolute atomic E-state index is 12.0. The van der Waals surface area contributed by atoms with Crippen molar-refractivity contribution >= 4 is 51.6 Å². The van der Waals surface area contributed by atoms with Gasteiger partial charge in [-0.05, 0) is 25.5 Å². The minimum atomic E-state index is -0.309. The van der Waals surface area contributed by atoms with Crippen molar-refractivity contribution in [3.05, 3.63) is 41.0 Å². The van der Waals surface area contributed by atoms with E-state index in [1.165, 1.54) is 20.3 Å². The van der Waals surface area contributed by atoms with Gasteiger partial charge in [0.25, 0.3) is 0 Å². The number of anilines is 2. The van der Waals surface area contributed by atoms with Gasteiger partial charge in [-0.1, -0.05) is 29.8 Å². The number of nitrogens with zero attached hydrogens (tertiary/aromatic N) is 4. The average molecular weight is 604 g/mol. The van der Waals surface area contributed by atoms with E-state index < -0.39 is 0 Å². The molecule has 1 aromatic carbocycles. The smallest absolute Gasteiger partial charge is 0.243 e. The number of nitrogens with one attached hydrogen (secondary N) is 2. The molecule has 2 aliphatic rings. The van der Waals surface area contributed by atoms with Crippen molar-refractivity contribution in [1.29, 1.82) is 0 Å². The highest BCUT2D eigenvalue weighted by Gasteiger charge is 2.40. The Labute approximate surface area is 248 Å². The lowest BCUT2D eigenvalue weighted by atomic mass is 9.96. The van der Waals surface area contributed by atoms with Crippen LogP contribution in [0.4, 0.5) is 11.6 Å². The quantitative estimate of drug-likeness (QED) is 0.346. The van der Waals surface area contributed by atoms with Crippen LogP contribution in [0.1, 0.15) is 13.3 Å². The zero-order chi connectivity index (χ0) is 29.3. The second-order valence-electron chi connectivity index (χ2n) is 10.2. The number of halogens is 2. The van der Waals surface area contributed by atoms with Crippen molar-refractivity contribution in [2.45, 2.75) is 31.0 Å². The van der Waals surface area contributed by atoms with Crippen molar-refractivity contribution in [1.82, 2.24) is 20.3 Å². The lowest BCUT2D eigenvalue weighted by molar-refractivity contribution is -0.117. The number of benzene rings is 1. The van der Waals surface area contributed by atoms with Crippen molar-refractivity contribution in [2.24, 2.45) is 0 Å². The van der Waals surface area contributed by atoms with Gasteiger partial charge in [0.15, 0.2) is 5.82 Å². The molecule has 3 aromatic rings. The summed E-state index contributed by atoms with van der Waals surface area (Å²) < 4.78 is 22.3. The van der Waals surface area contributed by atoms with Gasteiger partial charge < -0.3 is 34.5 Å². The predicted molar refractivity (Wildman–Crippen MR) is 158 cm³/mol. The molecule has 41 heavy (non-hydrogen) atoms. The Bertz CT molecular complexity index is 1450. The third-order valence-corrected chi connectivity index (χ3v) is 8.16. The second-order valence-corrected chi connectivity index (χ2v) is 10.9. The third kappa shape index (κ3) is 5.72. The number of ether oxygens (including phenoxy) is 4. The summed E-state index contributed by atoms with van der Waals surface area (Å²) in [5.74, 6) is 2.11. The van der Waals surface area contributed by atoms with Crippen LogP contribution in [0, 0.1) is 0 Å². The minimum Gasteiger partial charge on any atom is -0.495 e. The van der Waals surface area contributed by atoms with E-state index in [1.807, 2.05) is 13.0 Å². The van der Waals surface area contributed by atoms with Gasteiger partial charge in [0, 0.05) is 38.3 Å². The molecular weight excluding hydrogens is 571 g/mol. The number of methoxy groups -OCH3 is 3. The summed E-state index contributed by atoms with van der Waals surface area (Å²) >= 11 is 13.4. The van der Waals surface area contributed by atoms with E-state index in [0.29, 0.717) is 72.8 Å². The number of aromatic nitrogens is 3. The Morgan fingerprint density at radius 3 is 2.49 bits per heavy atom. The van der Waals surface area contributed by atoms with Crippen LogP contribution in [0.15, 0.2) is 31.0 Å². The molecule has 2 N–H and O–H groups in total. The number of fused-ring (bicyclic) bond motifs is 1. The van der Waals surface area contributed by atoms with E-state index in [9.17, 15) is 4.79 Å². The minimum absolute atomic E-state index is 0.144. The van der Waals surface area contributed by atoms with Gasteiger partial charge in [0.2, 0.25) is 5.91 Å². The van der Waals surface area contributed by atoms with Gasteiger partial charge in [0.1, 0.15) is 23.1 Å². The topological polar surface area (TPSA) is 120 Å². The Morgan fingerprint density at radius 1 is 1.15 bits per heavy atom. The predicted octanol–water partition coefficient (Wildman–Crippen LogP) is 4.11. The molecule has 2 saturated heterocycles. The van der Waals surface area contributed by atoms with Crippen LogP contribution in [-0.2, 0) is 14.3 Å². The molecular formula is C28H32Cl2N6O5. The zero-order valence-corrected chi connectivity index (χ0v) is 24.8. The summed E-state index contributed by atoms with van der Waals surface area (Å²) in [6.07, 6.45) is 3.60. The normalized spacial score (nSPS) is 19.8. The van der Waals surface area contributed by atoms with Crippen molar-refractivity contribution in [3.63, 3.8) is 0 Å². The standard InChI is InChI=1S/C28H32Cl2N6O5/c1-6-22(37)33-16-7-8-41-12-18(16)32-21-9-15-17(11-31-21)34-26(35-27(15)36-13-28(2,14-36)40-5)23-24(29)19(38-3)10-20(39-4)25(23)30/h6,9-11,16,18H,1,7-8,12-14H2,2-5H3,(H,31,32)(H,33,37)/t16-,18+/m0/s1. The number of rotatable bonds is 9. The number of hydrogen-bond donors (Lipinski definition) is 2. The monoisotopic (exact) mass is 602 g/mol. The Balaban J connectivity index is 1.58. The molecule has 0 aliphatic carbocycles. The molecule has 218 valence electrons. The average Bonchev–Trinajstić information content (AvgIpc) is 2.96. The van der Waals surface area contributed by atoms with Gasteiger partial charge in [-0.15, -0.1) is 0 Å². The van der Waals surface area contributed by atoms with Crippen LogP contribution < -0.4 is 25.0 Å².